The van der Waals surface area contributed by atoms with Crippen molar-refractivity contribution >= 4 is 0 Å². The molecule has 0 aromatic carbocycles. The molecule has 19 heavy (non-hydrogen) atoms. The molecule has 0 aliphatic heterocycles. The minimum atomic E-state index is -0.0149. The molecule has 112 valence electrons. The molecule has 1 aliphatic carbocycles. The van der Waals surface area contributed by atoms with Crippen LogP contribution in [0, 0.1) is 0 Å². The first-order chi connectivity index (χ1) is 9.39. The zero-order valence-corrected chi connectivity index (χ0v) is 13.0. The molecular weight excluding hydrogens is 230 g/mol. The van der Waals surface area contributed by atoms with Crippen LogP contribution >= 0.6 is 0 Å². The first kappa shape index (κ1) is 17.0. The summed E-state index contributed by atoms with van der Waals surface area (Å²) in [5.74, 6) is 0. The third kappa shape index (κ3) is 11.5. The van der Waals surface area contributed by atoms with Crippen LogP contribution in [0.4, 0.5) is 0 Å². The van der Waals surface area contributed by atoms with Gasteiger partial charge in [-0.15, -0.1) is 5.73 Å². The molecule has 0 N–H and O–H groups in total. The predicted octanol–water partition coefficient (Wildman–Crippen LogP) is 6.07. The van der Waals surface area contributed by atoms with Gasteiger partial charge < -0.3 is 0 Å². The van der Waals surface area contributed by atoms with Gasteiger partial charge in [-0.2, -0.15) is 0 Å². The van der Waals surface area contributed by atoms with E-state index in [0.29, 0.717) is 0 Å². The van der Waals surface area contributed by atoms with Crippen molar-refractivity contribution in [2.24, 2.45) is 0 Å². The molecule has 0 heterocycles. The van der Waals surface area contributed by atoms with E-state index >= 15 is 0 Å². The van der Waals surface area contributed by atoms with E-state index in [-0.39, 0.29) is 6.04 Å². The van der Waals surface area contributed by atoms with Gasteiger partial charge in [0.2, 0.25) is 0 Å². The number of hydrogen-bond donors (Lipinski definition) is 0. The Morgan fingerprint density at radius 2 is 0.579 bits per heavy atom. The van der Waals surface area contributed by atoms with Gasteiger partial charge >= 0.3 is 0 Å². The minimum Gasteiger partial charge on any atom is -0.141 e. The molecule has 0 spiro atoms. The third-order valence-electron chi connectivity index (χ3n) is 4.57. The first-order valence-corrected chi connectivity index (χ1v) is 9.07. The molecular formula is C18H35N. The van der Waals surface area contributed by atoms with E-state index in [1.165, 1.54) is 96.3 Å². The lowest BCUT2D eigenvalue weighted by atomic mass is 9.99. The van der Waals surface area contributed by atoms with Gasteiger partial charge in [0.1, 0.15) is 0 Å². The zero-order valence-electron chi connectivity index (χ0n) is 13.0. The van der Waals surface area contributed by atoms with E-state index in [0.717, 1.165) is 12.8 Å². The molecule has 1 nitrogen and oxygen atoms in total. The lowest BCUT2D eigenvalue weighted by Gasteiger charge is -2.09. The van der Waals surface area contributed by atoms with Crippen LogP contribution in [0.25, 0.3) is 0 Å². The van der Waals surface area contributed by atoms with Crippen molar-refractivity contribution in [1.82, 2.24) is 5.73 Å². The number of hydrogen-bond acceptors (Lipinski definition) is 0. The van der Waals surface area contributed by atoms with Crippen LogP contribution in [0.3, 0.4) is 0 Å². The summed E-state index contributed by atoms with van der Waals surface area (Å²) in [6, 6.07) is -0.0149. The van der Waals surface area contributed by atoms with Crippen LogP contribution in [0.15, 0.2) is 0 Å². The Labute approximate surface area is 121 Å². The van der Waals surface area contributed by atoms with E-state index in [1.807, 2.05) is 0 Å². The molecule has 1 rings (SSSR count). The molecule has 0 amide bonds. The largest absolute Gasteiger partial charge is 0.141 e. The van der Waals surface area contributed by atoms with Gasteiger partial charge in [-0.1, -0.05) is 96.3 Å². The van der Waals surface area contributed by atoms with Crippen LogP contribution in [0.5, 0.6) is 0 Å². The summed E-state index contributed by atoms with van der Waals surface area (Å²) in [4.78, 5) is 0. The Kier molecular flexibility index (Phi) is 11.6. The van der Waals surface area contributed by atoms with Crippen LogP contribution in [0.1, 0.15) is 109 Å². The fourth-order valence-electron chi connectivity index (χ4n) is 3.20. The molecule has 0 aromatic rings. The summed E-state index contributed by atoms with van der Waals surface area (Å²) in [6.07, 6.45) is 22.9. The van der Waals surface area contributed by atoms with Crippen molar-refractivity contribution in [3.8, 4) is 0 Å². The summed E-state index contributed by atoms with van der Waals surface area (Å²) in [5.41, 5.74) is 9.90. The van der Waals surface area contributed by atoms with Crippen molar-refractivity contribution in [1.29, 1.82) is 0 Å². The molecule has 0 bridgehead atoms. The normalized spacial score (nSPS) is 24.5. The SMILES string of the molecule is [N]C1CCCCCCCCCCCCCCCCC1. The quantitative estimate of drug-likeness (QED) is 0.507. The Balaban J connectivity index is 2.08. The summed E-state index contributed by atoms with van der Waals surface area (Å²) >= 11 is 0. The average molecular weight is 265 g/mol. The van der Waals surface area contributed by atoms with Crippen LogP contribution in [-0.4, -0.2) is 6.04 Å². The second-order valence-electron chi connectivity index (χ2n) is 6.53. The van der Waals surface area contributed by atoms with Crippen molar-refractivity contribution in [3.05, 3.63) is 0 Å². The topological polar surface area (TPSA) is 22.3 Å². The smallest absolute Gasteiger partial charge is 0.0433 e. The Morgan fingerprint density at radius 3 is 0.842 bits per heavy atom. The van der Waals surface area contributed by atoms with Gasteiger partial charge in [-0.3, -0.25) is 0 Å². The lowest BCUT2D eigenvalue weighted by molar-refractivity contribution is 0.466. The van der Waals surface area contributed by atoms with Gasteiger partial charge in [0, 0.05) is 6.04 Å². The highest BCUT2D eigenvalue weighted by Crippen LogP contribution is 2.16. The lowest BCUT2D eigenvalue weighted by Crippen LogP contribution is -2.08. The molecule has 0 atom stereocenters. The van der Waals surface area contributed by atoms with Gasteiger partial charge in [-0.05, 0) is 12.8 Å². The summed E-state index contributed by atoms with van der Waals surface area (Å²) in [5, 5.41) is 0. The van der Waals surface area contributed by atoms with Crippen LogP contribution in [0.2, 0.25) is 0 Å². The van der Waals surface area contributed by atoms with E-state index in [1.54, 1.807) is 0 Å². The van der Waals surface area contributed by atoms with Gasteiger partial charge in [0.05, 0.1) is 0 Å². The van der Waals surface area contributed by atoms with Crippen LogP contribution < -0.4 is 5.73 Å². The minimum absolute atomic E-state index is 0.0149. The fraction of sp³-hybridized carbons (Fsp3) is 1.00. The molecule has 1 aliphatic rings. The van der Waals surface area contributed by atoms with Crippen molar-refractivity contribution in [2.45, 2.75) is 115 Å². The Hall–Kier alpha value is -0.0400. The Bertz CT molecular complexity index is 161. The van der Waals surface area contributed by atoms with Gasteiger partial charge in [0.15, 0.2) is 0 Å². The molecule has 2 radical (unpaired) electrons. The van der Waals surface area contributed by atoms with Crippen molar-refractivity contribution in [2.75, 3.05) is 0 Å². The molecule has 1 fully saturated rings. The number of nitrogens with zero attached hydrogens (tertiary/aromatic N) is 1. The molecule has 1 heteroatoms. The number of rotatable bonds is 0. The highest BCUT2D eigenvalue weighted by molar-refractivity contribution is 4.61. The van der Waals surface area contributed by atoms with E-state index in [9.17, 15) is 5.73 Å². The van der Waals surface area contributed by atoms with Gasteiger partial charge in [-0.25, -0.2) is 0 Å². The van der Waals surface area contributed by atoms with Crippen LogP contribution in [-0.2, 0) is 0 Å². The van der Waals surface area contributed by atoms with Crippen molar-refractivity contribution in [3.63, 3.8) is 0 Å². The molecule has 0 saturated heterocycles. The zero-order chi connectivity index (χ0) is 13.6. The average Bonchev–Trinajstić information content (AvgIpc) is 2.41. The second kappa shape index (κ2) is 13.0. The maximum Gasteiger partial charge on any atom is 0.0433 e. The Morgan fingerprint density at radius 1 is 0.368 bits per heavy atom. The van der Waals surface area contributed by atoms with Gasteiger partial charge in [0.25, 0.3) is 0 Å². The molecule has 0 unspecified atom stereocenters. The monoisotopic (exact) mass is 265 g/mol. The van der Waals surface area contributed by atoms with E-state index in [4.69, 9.17) is 0 Å². The fourth-order valence-corrected chi connectivity index (χ4v) is 3.20. The van der Waals surface area contributed by atoms with E-state index < -0.39 is 0 Å². The molecule has 0 aromatic heterocycles. The van der Waals surface area contributed by atoms with E-state index in [2.05, 4.69) is 0 Å². The molecule has 1 saturated carbocycles. The maximum absolute atomic E-state index is 9.90. The first-order valence-electron chi connectivity index (χ1n) is 9.07. The predicted molar refractivity (Wildman–Crippen MR) is 84.4 cm³/mol. The second-order valence-corrected chi connectivity index (χ2v) is 6.53. The summed E-state index contributed by atoms with van der Waals surface area (Å²) in [7, 11) is 0. The third-order valence-corrected chi connectivity index (χ3v) is 4.57. The maximum atomic E-state index is 9.90. The summed E-state index contributed by atoms with van der Waals surface area (Å²) in [6.45, 7) is 0. The highest BCUT2D eigenvalue weighted by atomic mass is 14.6. The standard InChI is InChI=1S/C18H35N/c19-18-16-14-12-10-8-6-4-2-1-3-5-7-9-11-13-15-17-18/h18H,1-17H2. The highest BCUT2D eigenvalue weighted by Gasteiger charge is 2.04. The van der Waals surface area contributed by atoms with Crippen molar-refractivity contribution < 1.29 is 0 Å². The summed E-state index contributed by atoms with van der Waals surface area (Å²) < 4.78 is 0.